The van der Waals surface area contributed by atoms with Crippen molar-refractivity contribution < 1.29 is 19.5 Å². The second-order valence-corrected chi connectivity index (χ2v) is 8.84. The van der Waals surface area contributed by atoms with E-state index in [1.54, 1.807) is 29.2 Å². The second kappa shape index (κ2) is 10.9. The summed E-state index contributed by atoms with van der Waals surface area (Å²) in [6.45, 7) is 0.197. The Kier molecular flexibility index (Phi) is 7.65. The molecule has 0 saturated carbocycles. The van der Waals surface area contributed by atoms with Crippen LogP contribution in [0.4, 0.5) is 17.1 Å². The van der Waals surface area contributed by atoms with Gasteiger partial charge in [-0.1, -0.05) is 23.2 Å². The second-order valence-electron chi connectivity index (χ2n) is 7.96. The molecule has 0 bridgehead atoms. The third-order valence-electron chi connectivity index (χ3n) is 5.55. The zero-order valence-electron chi connectivity index (χ0n) is 18.6. The van der Waals surface area contributed by atoms with E-state index < -0.39 is 18.4 Å². The molecular weight excluding hydrogens is 491 g/mol. The number of piperidine rings is 1. The summed E-state index contributed by atoms with van der Waals surface area (Å²) in [6, 6.07) is 12.8. The number of halogens is 2. The number of hydrogen-bond donors (Lipinski definition) is 3. The predicted molar refractivity (Wildman–Crippen MR) is 135 cm³/mol. The Bertz CT molecular complexity index is 1260. The van der Waals surface area contributed by atoms with E-state index in [1.807, 2.05) is 0 Å². The van der Waals surface area contributed by atoms with E-state index in [4.69, 9.17) is 23.2 Å². The van der Waals surface area contributed by atoms with E-state index in [0.29, 0.717) is 23.7 Å². The van der Waals surface area contributed by atoms with Gasteiger partial charge in [0.1, 0.15) is 5.69 Å². The molecule has 10 heteroatoms. The molecule has 0 unspecified atom stereocenters. The van der Waals surface area contributed by atoms with Crippen LogP contribution < -0.4 is 15.5 Å². The quantitative estimate of drug-likeness (QED) is 0.434. The molecule has 8 nitrogen and oxygen atoms in total. The zero-order valence-corrected chi connectivity index (χ0v) is 20.1. The number of rotatable bonds is 6. The fourth-order valence-corrected chi connectivity index (χ4v) is 4.20. The number of amides is 3. The first-order chi connectivity index (χ1) is 16.9. The average Bonchev–Trinajstić information content (AvgIpc) is 2.84. The van der Waals surface area contributed by atoms with Crippen molar-refractivity contribution in [3.63, 3.8) is 0 Å². The Morgan fingerprint density at radius 1 is 0.971 bits per heavy atom. The lowest BCUT2D eigenvalue weighted by molar-refractivity contribution is -0.119. The lowest BCUT2D eigenvalue weighted by Gasteiger charge is -2.26. The number of nitrogens with zero attached hydrogens (tertiary/aromatic N) is 2. The molecule has 2 aromatic carbocycles. The number of benzene rings is 2. The van der Waals surface area contributed by atoms with E-state index in [0.717, 1.165) is 18.5 Å². The molecule has 3 N–H and O–H groups in total. The Morgan fingerprint density at radius 2 is 1.74 bits per heavy atom. The largest absolute Gasteiger partial charge is 0.392 e. The third kappa shape index (κ3) is 5.79. The molecule has 1 aliphatic heterocycles. The van der Waals surface area contributed by atoms with Crippen LogP contribution in [-0.4, -0.2) is 34.4 Å². The van der Waals surface area contributed by atoms with Crippen LogP contribution in [0.5, 0.6) is 0 Å². The van der Waals surface area contributed by atoms with Crippen molar-refractivity contribution in [3.05, 3.63) is 81.6 Å². The van der Waals surface area contributed by atoms with Gasteiger partial charge in [-0.2, -0.15) is 0 Å². The van der Waals surface area contributed by atoms with Crippen molar-refractivity contribution in [2.45, 2.75) is 25.9 Å². The minimum Gasteiger partial charge on any atom is -0.392 e. The van der Waals surface area contributed by atoms with Crippen LogP contribution in [-0.2, 0) is 11.4 Å². The number of aliphatic hydroxyl groups is 1. The molecule has 1 aromatic heterocycles. The van der Waals surface area contributed by atoms with Gasteiger partial charge in [0.15, 0.2) is 0 Å². The van der Waals surface area contributed by atoms with Gasteiger partial charge in [0.2, 0.25) is 5.91 Å². The Labute approximate surface area is 211 Å². The van der Waals surface area contributed by atoms with Crippen LogP contribution in [0.25, 0.3) is 0 Å². The minimum absolute atomic E-state index is 0.0644. The highest BCUT2D eigenvalue weighted by Crippen LogP contribution is 2.28. The molecule has 1 saturated heterocycles. The Balaban J connectivity index is 1.57. The van der Waals surface area contributed by atoms with Gasteiger partial charge < -0.3 is 20.6 Å². The van der Waals surface area contributed by atoms with Crippen LogP contribution in [0.2, 0.25) is 10.0 Å². The molecular formula is C25H22Cl2N4O4. The van der Waals surface area contributed by atoms with Gasteiger partial charge in [-0.3, -0.25) is 14.4 Å². The standard InChI is InChI=1S/C25H22Cl2N4O4/c26-16-4-9-20(28-13-16)24(34)30-21-12-17(27)11-15(14-32)23(21)25(35)29-18-5-7-19(8-6-18)31-10-2-1-3-22(31)33/h4-9,11-13,32H,1-3,10,14H2,(H,29,35)(H,30,34). The number of hydrogen-bond acceptors (Lipinski definition) is 5. The topological polar surface area (TPSA) is 112 Å². The van der Waals surface area contributed by atoms with Crippen LogP contribution >= 0.6 is 23.2 Å². The van der Waals surface area contributed by atoms with Gasteiger partial charge in [0, 0.05) is 35.6 Å². The number of carbonyl (C=O) groups excluding carboxylic acids is 3. The molecule has 3 aromatic rings. The molecule has 0 radical (unpaired) electrons. The molecule has 1 aliphatic rings. The fourth-order valence-electron chi connectivity index (χ4n) is 3.85. The lowest BCUT2D eigenvalue weighted by atomic mass is 10.0. The monoisotopic (exact) mass is 512 g/mol. The van der Waals surface area contributed by atoms with Crippen molar-refractivity contribution in [2.24, 2.45) is 0 Å². The fraction of sp³-hybridized carbons (Fsp3) is 0.200. The first-order valence-corrected chi connectivity index (χ1v) is 11.7. The van der Waals surface area contributed by atoms with Gasteiger partial charge in [-0.25, -0.2) is 4.98 Å². The summed E-state index contributed by atoms with van der Waals surface area (Å²) in [5, 5.41) is 15.9. The lowest BCUT2D eigenvalue weighted by Crippen LogP contribution is -2.35. The number of anilines is 3. The highest BCUT2D eigenvalue weighted by Gasteiger charge is 2.22. The molecule has 180 valence electrons. The summed E-state index contributed by atoms with van der Waals surface area (Å²) in [5.74, 6) is -1.04. The molecule has 35 heavy (non-hydrogen) atoms. The number of aliphatic hydroxyl groups excluding tert-OH is 1. The summed E-state index contributed by atoms with van der Waals surface area (Å²) < 4.78 is 0. The number of nitrogens with one attached hydrogen (secondary N) is 2. The van der Waals surface area contributed by atoms with Crippen molar-refractivity contribution in [1.29, 1.82) is 0 Å². The Morgan fingerprint density at radius 3 is 2.40 bits per heavy atom. The number of pyridine rings is 1. The zero-order chi connectivity index (χ0) is 24.9. The molecule has 3 amide bonds. The maximum atomic E-state index is 13.2. The maximum absolute atomic E-state index is 13.2. The van der Waals surface area contributed by atoms with Gasteiger partial charge in [0.25, 0.3) is 11.8 Å². The maximum Gasteiger partial charge on any atom is 0.274 e. The summed E-state index contributed by atoms with van der Waals surface area (Å²) >= 11 is 12.0. The average molecular weight is 513 g/mol. The van der Waals surface area contributed by atoms with Gasteiger partial charge in [-0.05, 0) is 66.9 Å². The van der Waals surface area contributed by atoms with Crippen molar-refractivity contribution >= 4 is 58.0 Å². The Hall–Kier alpha value is -3.46. The summed E-state index contributed by atoms with van der Waals surface area (Å²) in [7, 11) is 0. The SMILES string of the molecule is O=C(Nc1cc(Cl)cc(CO)c1C(=O)Nc1ccc(N2CCCCC2=O)cc1)c1ccc(Cl)cn1. The van der Waals surface area contributed by atoms with Crippen LogP contribution in [0.3, 0.4) is 0 Å². The van der Waals surface area contributed by atoms with E-state index in [9.17, 15) is 19.5 Å². The summed E-state index contributed by atoms with van der Waals surface area (Å²) in [5.41, 5.74) is 1.77. The van der Waals surface area contributed by atoms with Crippen molar-refractivity contribution in [1.82, 2.24) is 4.98 Å². The van der Waals surface area contributed by atoms with E-state index in [1.165, 1.54) is 30.5 Å². The van der Waals surface area contributed by atoms with E-state index in [-0.39, 0.29) is 33.4 Å². The highest BCUT2D eigenvalue weighted by atomic mass is 35.5. The van der Waals surface area contributed by atoms with Crippen molar-refractivity contribution in [2.75, 3.05) is 22.1 Å². The predicted octanol–water partition coefficient (Wildman–Crippen LogP) is 4.90. The van der Waals surface area contributed by atoms with E-state index >= 15 is 0 Å². The summed E-state index contributed by atoms with van der Waals surface area (Å²) in [4.78, 5) is 43.8. The van der Waals surface area contributed by atoms with Gasteiger partial charge in [0.05, 0.1) is 22.9 Å². The normalized spacial score (nSPS) is 13.5. The van der Waals surface area contributed by atoms with Crippen molar-refractivity contribution in [3.8, 4) is 0 Å². The number of carbonyl (C=O) groups is 3. The first-order valence-electron chi connectivity index (χ1n) is 10.9. The molecule has 1 fully saturated rings. The molecule has 0 spiro atoms. The molecule has 4 rings (SSSR count). The minimum atomic E-state index is -0.572. The van der Waals surface area contributed by atoms with Crippen LogP contribution in [0.15, 0.2) is 54.7 Å². The van der Waals surface area contributed by atoms with Gasteiger partial charge >= 0.3 is 0 Å². The van der Waals surface area contributed by atoms with Crippen LogP contribution in [0, 0.1) is 0 Å². The number of aromatic nitrogens is 1. The molecule has 0 atom stereocenters. The van der Waals surface area contributed by atoms with Crippen LogP contribution in [0.1, 0.15) is 45.7 Å². The first kappa shape index (κ1) is 24.7. The smallest absolute Gasteiger partial charge is 0.274 e. The molecule has 2 heterocycles. The third-order valence-corrected chi connectivity index (χ3v) is 5.99. The molecule has 0 aliphatic carbocycles. The van der Waals surface area contributed by atoms with Gasteiger partial charge in [-0.15, -0.1) is 0 Å². The summed E-state index contributed by atoms with van der Waals surface area (Å²) in [6.07, 6.45) is 3.71. The highest BCUT2D eigenvalue weighted by molar-refractivity contribution is 6.31. The van der Waals surface area contributed by atoms with E-state index in [2.05, 4.69) is 15.6 Å².